The number of nitrogens with zero attached hydrogens (tertiary/aromatic N) is 3. The highest BCUT2D eigenvalue weighted by atomic mass is 16.4. The minimum Gasteiger partial charge on any atom is -0.419 e. The molecule has 0 saturated carbocycles. The number of likely N-dealkylation sites (N-methyl/N-ethyl adjacent to an activating group) is 1. The second kappa shape index (κ2) is 6.37. The Balaban J connectivity index is 1.70. The summed E-state index contributed by atoms with van der Waals surface area (Å²) in [5.74, 6) is 1.31. The summed E-state index contributed by atoms with van der Waals surface area (Å²) >= 11 is 0. The lowest BCUT2D eigenvalue weighted by Gasteiger charge is -2.22. The minimum absolute atomic E-state index is 0.573. The predicted molar refractivity (Wildman–Crippen MR) is 81.8 cm³/mol. The molecule has 1 aromatic carbocycles. The molecule has 0 amide bonds. The van der Waals surface area contributed by atoms with Crippen LogP contribution in [0, 0.1) is 6.92 Å². The molecule has 0 radical (unpaired) electrons. The van der Waals surface area contributed by atoms with Crippen molar-refractivity contribution in [3.8, 4) is 11.5 Å². The summed E-state index contributed by atoms with van der Waals surface area (Å²) in [6.07, 6.45) is 2.48. The highest BCUT2D eigenvalue weighted by Gasteiger charge is 2.25. The molecule has 1 N–H and O–H groups in total. The van der Waals surface area contributed by atoms with Crippen molar-refractivity contribution in [2.75, 3.05) is 20.1 Å². The summed E-state index contributed by atoms with van der Waals surface area (Å²) in [7, 11) is 2.00. The molecule has 1 atom stereocenters. The molecule has 5 heteroatoms. The fourth-order valence-corrected chi connectivity index (χ4v) is 2.96. The summed E-state index contributed by atoms with van der Waals surface area (Å²) in [5, 5.41) is 11.6. The second-order valence-corrected chi connectivity index (χ2v) is 5.69. The first kappa shape index (κ1) is 14.2. The number of nitrogens with one attached hydrogen (secondary N) is 1. The topological polar surface area (TPSA) is 54.2 Å². The van der Waals surface area contributed by atoms with Gasteiger partial charge in [0.15, 0.2) is 0 Å². The maximum atomic E-state index is 5.83. The van der Waals surface area contributed by atoms with Gasteiger partial charge in [0.25, 0.3) is 0 Å². The third kappa shape index (κ3) is 3.31. The lowest BCUT2D eigenvalue weighted by atomic mass is 10.1. The first-order valence-electron chi connectivity index (χ1n) is 7.54. The van der Waals surface area contributed by atoms with Gasteiger partial charge in [0, 0.05) is 18.2 Å². The van der Waals surface area contributed by atoms with Gasteiger partial charge >= 0.3 is 0 Å². The largest absolute Gasteiger partial charge is 0.419 e. The molecule has 1 aromatic heterocycles. The van der Waals surface area contributed by atoms with Crippen molar-refractivity contribution in [1.82, 2.24) is 20.4 Å². The third-order valence-corrected chi connectivity index (χ3v) is 4.01. The van der Waals surface area contributed by atoms with Crippen LogP contribution < -0.4 is 5.32 Å². The first-order valence-corrected chi connectivity index (χ1v) is 7.54. The zero-order valence-corrected chi connectivity index (χ0v) is 12.7. The molecule has 112 valence electrons. The van der Waals surface area contributed by atoms with E-state index >= 15 is 0 Å². The van der Waals surface area contributed by atoms with E-state index in [9.17, 15) is 0 Å². The zero-order valence-electron chi connectivity index (χ0n) is 12.7. The van der Waals surface area contributed by atoms with Gasteiger partial charge in [-0.2, -0.15) is 0 Å². The van der Waals surface area contributed by atoms with E-state index < -0.39 is 0 Å². The number of hydrogen-bond acceptors (Lipinski definition) is 5. The summed E-state index contributed by atoms with van der Waals surface area (Å²) in [4.78, 5) is 2.42. The van der Waals surface area contributed by atoms with Crippen LogP contribution in [0.5, 0.6) is 0 Å². The molecule has 5 nitrogen and oxygen atoms in total. The number of rotatable bonds is 5. The van der Waals surface area contributed by atoms with Gasteiger partial charge in [-0.3, -0.25) is 4.90 Å². The summed E-state index contributed by atoms with van der Waals surface area (Å²) in [6.45, 7) is 4.92. The Bertz CT molecular complexity index is 595. The number of aryl methyl sites for hydroxylation is 1. The molecule has 1 saturated heterocycles. The van der Waals surface area contributed by atoms with Gasteiger partial charge in [0.2, 0.25) is 11.8 Å². The van der Waals surface area contributed by atoms with E-state index in [2.05, 4.69) is 39.5 Å². The maximum absolute atomic E-state index is 5.83. The Morgan fingerprint density at radius 1 is 1.38 bits per heavy atom. The fraction of sp³-hybridized carbons (Fsp3) is 0.500. The average Bonchev–Trinajstić information content (AvgIpc) is 3.10. The van der Waals surface area contributed by atoms with E-state index in [1.807, 2.05) is 19.2 Å². The van der Waals surface area contributed by atoms with Gasteiger partial charge in [-0.25, -0.2) is 0 Å². The molecule has 3 rings (SSSR count). The van der Waals surface area contributed by atoms with Crippen LogP contribution in [0.15, 0.2) is 28.7 Å². The molecule has 2 heterocycles. The van der Waals surface area contributed by atoms with Crippen LogP contribution in [0.1, 0.15) is 24.3 Å². The van der Waals surface area contributed by atoms with Crippen LogP contribution in [-0.4, -0.2) is 41.3 Å². The Labute approximate surface area is 125 Å². The molecule has 0 spiro atoms. The monoisotopic (exact) mass is 286 g/mol. The molecule has 1 aliphatic rings. The van der Waals surface area contributed by atoms with E-state index in [0.29, 0.717) is 17.8 Å². The van der Waals surface area contributed by atoms with Crippen molar-refractivity contribution in [1.29, 1.82) is 0 Å². The molecular formula is C16H22N4O. The first-order chi connectivity index (χ1) is 10.3. The molecule has 1 aliphatic heterocycles. The fourth-order valence-electron chi connectivity index (χ4n) is 2.96. The van der Waals surface area contributed by atoms with Crippen LogP contribution in [0.25, 0.3) is 11.5 Å². The SMILES string of the molecule is CNCC1CCCN1Cc1nnc(-c2cccc(C)c2)o1. The number of aromatic nitrogens is 2. The van der Waals surface area contributed by atoms with Crippen LogP contribution in [0.2, 0.25) is 0 Å². The maximum Gasteiger partial charge on any atom is 0.247 e. The molecule has 1 unspecified atom stereocenters. The molecule has 1 fully saturated rings. The summed E-state index contributed by atoms with van der Waals surface area (Å²) < 4.78 is 5.83. The number of likely N-dealkylation sites (tertiary alicyclic amines) is 1. The smallest absolute Gasteiger partial charge is 0.247 e. The zero-order chi connectivity index (χ0) is 14.7. The lowest BCUT2D eigenvalue weighted by Crippen LogP contribution is -2.36. The van der Waals surface area contributed by atoms with Crippen LogP contribution in [0.4, 0.5) is 0 Å². The minimum atomic E-state index is 0.573. The predicted octanol–water partition coefficient (Wildman–Crippen LogP) is 2.23. The van der Waals surface area contributed by atoms with Gasteiger partial charge in [-0.05, 0) is 45.5 Å². The van der Waals surface area contributed by atoms with Crippen molar-refractivity contribution in [2.24, 2.45) is 0 Å². The van der Waals surface area contributed by atoms with Crippen LogP contribution in [0.3, 0.4) is 0 Å². The van der Waals surface area contributed by atoms with Gasteiger partial charge in [-0.15, -0.1) is 10.2 Å². The average molecular weight is 286 g/mol. The molecule has 0 aliphatic carbocycles. The van der Waals surface area contributed by atoms with Crippen molar-refractivity contribution in [3.63, 3.8) is 0 Å². The highest BCUT2D eigenvalue weighted by Crippen LogP contribution is 2.22. The number of benzene rings is 1. The Morgan fingerprint density at radius 3 is 3.10 bits per heavy atom. The van der Waals surface area contributed by atoms with E-state index in [1.165, 1.54) is 18.4 Å². The van der Waals surface area contributed by atoms with Crippen molar-refractivity contribution >= 4 is 0 Å². The van der Waals surface area contributed by atoms with E-state index in [0.717, 1.165) is 25.2 Å². The Hall–Kier alpha value is -1.72. The number of hydrogen-bond donors (Lipinski definition) is 1. The second-order valence-electron chi connectivity index (χ2n) is 5.69. The molecule has 0 bridgehead atoms. The van der Waals surface area contributed by atoms with Gasteiger partial charge < -0.3 is 9.73 Å². The Morgan fingerprint density at radius 2 is 2.29 bits per heavy atom. The van der Waals surface area contributed by atoms with E-state index in [-0.39, 0.29) is 0 Å². The Kier molecular flexibility index (Phi) is 4.31. The molecular weight excluding hydrogens is 264 g/mol. The van der Waals surface area contributed by atoms with Gasteiger partial charge in [-0.1, -0.05) is 17.7 Å². The quantitative estimate of drug-likeness (QED) is 0.913. The van der Waals surface area contributed by atoms with E-state index in [1.54, 1.807) is 0 Å². The normalized spacial score (nSPS) is 19.2. The highest BCUT2D eigenvalue weighted by molar-refractivity contribution is 5.53. The molecule has 21 heavy (non-hydrogen) atoms. The van der Waals surface area contributed by atoms with Crippen LogP contribution >= 0.6 is 0 Å². The summed E-state index contributed by atoms with van der Waals surface area (Å²) in [6, 6.07) is 8.72. The van der Waals surface area contributed by atoms with Crippen molar-refractivity contribution in [3.05, 3.63) is 35.7 Å². The molecule has 2 aromatic rings. The summed E-state index contributed by atoms with van der Waals surface area (Å²) in [5.41, 5.74) is 2.18. The standard InChI is InChI=1S/C16H22N4O/c1-12-5-3-6-13(9-12)16-19-18-15(21-16)11-20-8-4-7-14(20)10-17-2/h3,5-6,9,14,17H,4,7-8,10-11H2,1-2H3. The van der Waals surface area contributed by atoms with Gasteiger partial charge in [0.1, 0.15) is 0 Å². The van der Waals surface area contributed by atoms with E-state index in [4.69, 9.17) is 4.42 Å². The van der Waals surface area contributed by atoms with Gasteiger partial charge in [0.05, 0.1) is 6.54 Å². The third-order valence-electron chi connectivity index (χ3n) is 4.01. The lowest BCUT2D eigenvalue weighted by molar-refractivity contribution is 0.220. The van der Waals surface area contributed by atoms with Crippen LogP contribution in [-0.2, 0) is 6.54 Å². The van der Waals surface area contributed by atoms with Crippen molar-refractivity contribution in [2.45, 2.75) is 32.4 Å². The van der Waals surface area contributed by atoms with Crippen molar-refractivity contribution < 1.29 is 4.42 Å².